The van der Waals surface area contributed by atoms with Gasteiger partial charge in [-0.2, -0.15) is 4.68 Å². The first kappa shape index (κ1) is 20.8. The SMILES string of the molecule is COc1ccc(CCn2c(C)cc(C(=O)Cn3cc(Br)c([N+](=O)[O-])n3)c2C)cc1. The molecule has 0 saturated carbocycles. The standard InChI is InChI=1S/C20H21BrN4O4/c1-13-10-17(19(26)12-23-11-18(21)20(22-23)25(27)28)14(2)24(13)9-8-15-4-6-16(29-3)7-5-15/h4-7,10-11H,8-9,12H2,1-3H3. The van der Waals surface area contributed by atoms with E-state index in [0.717, 1.165) is 30.1 Å². The topological polar surface area (TPSA) is 92.2 Å². The summed E-state index contributed by atoms with van der Waals surface area (Å²) in [6.07, 6.45) is 2.27. The van der Waals surface area contributed by atoms with E-state index < -0.39 is 4.92 Å². The molecule has 3 rings (SSSR count). The molecular formula is C20H21BrN4O4. The first-order valence-corrected chi connectivity index (χ1v) is 9.79. The number of nitrogens with zero attached hydrogens (tertiary/aromatic N) is 4. The number of benzene rings is 1. The number of hydrogen-bond acceptors (Lipinski definition) is 5. The molecule has 0 aliphatic carbocycles. The average Bonchev–Trinajstić information content (AvgIpc) is 3.19. The van der Waals surface area contributed by atoms with Gasteiger partial charge in [0, 0.05) is 23.5 Å². The van der Waals surface area contributed by atoms with Gasteiger partial charge in [0.2, 0.25) is 0 Å². The minimum absolute atomic E-state index is 0.0603. The lowest BCUT2D eigenvalue weighted by molar-refractivity contribution is -0.390. The molecule has 0 bridgehead atoms. The van der Waals surface area contributed by atoms with Gasteiger partial charge in [-0.3, -0.25) is 4.79 Å². The van der Waals surface area contributed by atoms with E-state index in [9.17, 15) is 14.9 Å². The van der Waals surface area contributed by atoms with Crippen molar-refractivity contribution in [1.29, 1.82) is 0 Å². The third kappa shape index (κ3) is 4.56. The number of ketones is 1. The second-order valence-electron chi connectivity index (χ2n) is 6.71. The molecule has 0 atom stereocenters. The molecule has 0 aliphatic heterocycles. The van der Waals surface area contributed by atoms with Gasteiger partial charge in [0.05, 0.1) is 18.4 Å². The van der Waals surface area contributed by atoms with Crippen molar-refractivity contribution in [2.45, 2.75) is 33.4 Å². The van der Waals surface area contributed by atoms with E-state index in [-0.39, 0.29) is 22.6 Å². The fraction of sp³-hybridized carbons (Fsp3) is 0.300. The van der Waals surface area contributed by atoms with E-state index in [0.29, 0.717) is 5.56 Å². The van der Waals surface area contributed by atoms with Crippen molar-refractivity contribution >= 4 is 27.5 Å². The quantitative estimate of drug-likeness (QED) is 0.286. The van der Waals surface area contributed by atoms with Crippen molar-refractivity contribution in [3.63, 3.8) is 0 Å². The summed E-state index contributed by atoms with van der Waals surface area (Å²) >= 11 is 3.10. The predicted octanol–water partition coefficient (Wildman–Crippen LogP) is 4.11. The summed E-state index contributed by atoms with van der Waals surface area (Å²) in [6.45, 7) is 4.56. The molecule has 8 nitrogen and oxygen atoms in total. The highest BCUT2D eigenvalue weighted by molar-refractivity contribution is 9.10. The number of methoxy groups -OCH3 is 1. The Kier molecular flexibility index (Phi) is 6.17. The Morgan fingerprint density at radius 2 is 1.97 bits per heavy atom. The van der Waals surface area contributed by atoms with Crippen molar-refractivity contribution in [3.8, 4) is 5.75 Å². The molecular weight excluding hydrogens is 440 g/mol. The van der Waals surface area contributed by atoms with Crippen molar-refractivity contribution in [1.82, 2.24) is 14.3 Å². The highest BCUT2D eigenvalue weighted by Crippen LogP contribution is 2.23. The smallest absolute Gasteiger partial charge is 0.404 e. The fourth-order valence-corrected chi connectivity index (χ4v) is 3.74. The largest absolute Gasteiger partial charge is 0.497 e. The first-order valence-electron chi connectivity index (χ1n) is 9.00. The van der Waals surface area contributed by atoms with Crippen molar-refractivity contribution < 1.29 is 14.5 Å². The summed E-state index contributed by atoms with van der Waals surface area (Å²) in [5.41, 5.74) is 3.65. The van der Waals surface area contributed by atoms with Crippen LogP contribution in [0.15, 0.2) is 41.0 Å². The van der Waals surface area contributed by atoms with Gasteiger partial charge >= 0.3 is 5.82 Å². The van der Waals surface area contributed by atoms with Crippen LogP contribution in [0.4, 0.5) is 5.82 Å². The van der Waals surface area contributed by atoms with E-state index in [4.69, 9.17) is 4.74 Å². The third-order valence-electron chi connectivity index (χ3n) is 4.83. The lowest BCUT2D eigenvalue weighted by Gasteiger charge is -2.10. The molecule has 29 heavy (non-hydrogen) atoms. The predicted molar refractivity (Wildman–Crippen MR) is 112 cm³/mol. The maximum absolute atomic E-state index is 12.8. The van der Waals surface area contributed by atoms with Gasteiger partial charge in [-0.05, 0) is 64.9 Å². The number of ether oxygens (including phenoxy) is 1. The zero-order valence-corrected chi connectivity index (χ0v) is 18.0. The van der Waals surface area contributed by atoms with Crippen LogP contribution in [0, 0.1) is 24.0 Å². The molecule has 0 saturated heterocycles. The normalized spacial score (nSPS) is 10.9. The third-order valence-corrected chi connectivity index (χ3v) is 5.39. The van der Waals surface area contributed by atoms with Gasteiger partial charge in [-0.25, -0.2) is 0 Å². The molecule has 0 amide bonds. The summed E-state index contributed by atoms with van der Waals surface area (Å²) < 4.78 is 8.83. The first-order chi connectivity index (χ1) is 13.8. The zero-order valence-electron chi connectivity index (χ0n) is 16.4. The Labute approximate surface area is 176 Å². The zero-order chi connectivity index (χ0) is 21.1. The lowest BCUT2D eigenvalue weighted by Crippen LogP contribution is -2.13. The number of carbonyl (C=O) groups excluding carboxylic acids is 1. The van der Waals surface area contributed by atoms with E-state index in [1.165, 1.54) is 16.4 Å². The number of nitro groups is 1. The van der Waals surface area contributed by atoms with Crippen LogP contribution in [0.1, 0.15) is 27.3 Å². The van der Waals surface area contributed by atoms with Gasteiger partial charge in [0.1, 0.15) is 16.8 Å². The fourth-order valence-electron chi connectivity index (χ4n) is 3.28. The van der Waals surface area contributed by atoms with E-state index in [1.807, 2.05) is 44.2 Å². The van der Waals surface area contributed by atoms with Gasteiger partial charge in [0.25, 0.3) is 0 Å². The van der Waals surface area contributed by atoms with Crippen LogP contribution in [-0.4, -0.2) is 32.2 Å². The van der Waals surface area contributed by atoms with Crippen LogP contribution in [0.25, 0.3) is 0 Å². The van der Waals surface area contributed by atoms with Crippen LogP contribution >= 0.6 is 15.9 Å². The summed E-state index contributed by atoms with van der Waals surface area (Å²) in [5, 5.41) is 14.8. The number of rotatable bonds is 8. The van der Waals surface area contributed by atoms with Crippen molar-refractivity contribution in [2.24, 2.45) is 0 Å². The molecule has 152 valence electrons. The van der Waals surface area contributed by atoms with Crippen LogP contribution in [-0.2, 0) is 19.5 Å². The molecule has 2 heterocycles. The minimum Gasteiger partial charge on any atom is -0.497 e. The molecule has 3 aromatic rings. The second kappa shape index (κ2) is 8.60. The lowest BCUT2D eigenvalue weighted by atomic mass is 10.1. The number of carbonyl (C=O) groups is 1. The maximum atomic E-state index is 12.8. The van der Waals surface area contributed by atoms with Crippen LogP contribution < -0.4 is 4.74 Å². The van der Waals surface area contributed by atoms with Crippen molar-refractivity contribution in [3.05, 3.63) is 73.6 Å². The number of Topliss-reactive ketones (excluding diaryl/α,β-unsaturated/α-hetero) is 1. The molecule has 1 aromatic carbocycles. The number of aromatic nitrogens is 3. The summed E-state index contributed by atoms with van der Waals surface area (Å²) in [7, 11) is 1.64. The van der Waals surface area contributed by atoms with E-state index >= 15 is 0 Å². The van der Waals surface area contributed by atoms with E-state index in [2.05, 4.69) is 25.6 Å². The van der Waals surface area contributed by atoms with Gasteiger partial charge in [-0.1, -0.05) is 12.1 Å². The van der Waals surface area contributed by atoms with Gasteiger partial charge < -0.3 is 19.4 Å². The second-order valence-corrected chi connectivity index (χ2v) is 7.57. The Hall–Kier alpha value is -2.94. The molecule has 2 aromatic heterocycles. The van der Waals surface area contributed by atoms with Gasteiger partial charge in [-0.15, -0.1) is 0 Å². The molecule has 0 fully saturated rings. The summed E-state index contributed by atoms with van der Waals surface area (Å²) in [6, 6.07) is 9.78. The maximum Gasteiger partial charge on any atom is 0.404 e. The van der Waals surface area contributed by atoms with Crippen LogP contribution in [0.3, 0.4) is 0 Å². The van der Waals surface area contributed by atoms with E-state index in [1.54, 1.807) is 7.11 Å². The molecule has 0 spiro atoms. The van der Waals surface area contributed by atoms with Gasteiger partial charge in [0.15, 0.2) is 5.78 Å². The molecule has 0 N–H and O–H groups in total. The Morgan fingerprint density at radius 3 is 2.55 bits per heavy atom. The Morgan fingerprint density at radius 1 is 1.28 bits per heavy atom. The van der Waals surface area contributed by atoms with Crippen molar-refractivity contribution in [2.75, 3.05) is 7.11 Å². The minimum atomic E-state index is -0.587. The summed E-state index contributed by atoms with van der Waals surface area (Å²) in [4.78, 5) is 23.1. The Bertz CT molecular complexity index is 1050. The summed E-state index contributed by atoms with van der Waals surface area (Å²) in [5.74, 6) is 0.377. The molecule has 0 aliphatic rings. The Balaban J connectivity index is 1.73. The monoisotopic (exact) mass is 460 g/mol. The highest BCUT2D eigenvalue weighted by Gasteiger charge is 2.22. The number of halogens is 1. The van der Waals surface area contributed by atoms with Crippen LogP contribution in [0.2, 0.25) is 0 Å². The van der Waals surface area contributed by atoms with Crippen LogP contribution in [0.5, 0.6) is 5.75 Å². The molecule has 0 radical (unpaired) electrons. The average molecular weight is 461 g/mol. The molecule has 0 unspecified atom stereocenters. The molecule has 9 heteroatoms. The number of aryl methyl sites for hydroxylation is 2. The number of hydrogen-bond donors (Lipinski definition) is 0. The highest BCUT2D eigenvalue weighted by atomic mass is 79.9.